The number of carbonyl (C=O) groups is 1. The molecular formula is C20H23NO3. The smallest absolute Gasteiger partial charge is 0.255 e. The first-order chi connectivity index (χ1) is 11.4. The highest BCUT2D eigenvalue weighted by Gasteiger charge is 2.07. The first-order valence-corrected chi connectivity index (χ1v) is 7.89. The molecule has 0 fully saturated rings. The van der Waals surface area contributed by atoms with Crippen molar-refractivity contribution in [3.63, 3.8) is 0 Å². The average molecular weight is 325 g/mol. The number of benzene rings is 2. The fourth-order valence-corrected chi connectivity index (χ4v) is 2.00. The van der Waals surface area contributed by atoms with Crippen LogP contribution in [-0.2, 0) is 0 Å². The van der Waals surface area contributed by atoms with E-state index in [0.29, 0.717) is 17.9 Å². The molecule has 0 spiro atoms. The van der Waals surface area contributed by atoms with Gasteiger partial charge in [0.15, 0.2) is 0 Å². The number of ether oxygens (including phenoxy) is 2. The zero-order valence-corrected chi connectivity index (χ0v) is 14.3. The Morgan fingerprint density at radius 3 is 2.17 bits per heavy atom. The number of amides is 1. The molecule has 2 aromatic rings. The number of hydrogen-bond acceptors (Lipinski definition) is 3. The minimum atomic E-state index is -0.168. The molecule has 1 N–H and O–H groups in total. The van der Waals surface area contributed by atoms with Gasteiger partial charge < -0.3 is 14.8 Å². The Balaban J connectivity index is 1.95. The summed E-state index contributed by atoms with van der Waals surface area (Å²) in [5, 5.41) is 2.86. The number of nitrogens with one attached hydrogen (secondary N) is 1. The van der Waals surface area contributed by atoms with Crippen molar-refractivity contribution in [1.82, 2.24) is 0 Å². The van der Waals surface area contributed by atoms with E-state index in [2.05, 4.69) is 11.9 Å². The van der Waals surface area contributed by atoms with Crippen LogP contribution in [0.25, 0.3) is 0 Å². The highest BCUT2D eigenvalue weighted by Crippen LogP contribution is 2.18. The van der Waals surface area contributed by atoms with Gasteiger partial charge in [-0.1, -0.05) is 6.58 Å². The Bertz CT molecular complexity index is 688. The lowest BCUT2D eigenvalue weighted by molar-refractivity contribution is 0.102. The van der Waals surface area contributed by atoms with E-state index in [1.165, 1.54) is 0 Å². The second-order valence-electron chi connectivity index (χ2n) is 5.92. The van der Waals surface area contributed by atoms with E-state index in [9.17, 15) is 4.79 Å². The van der Waals surface area contributed by atoms with E-state index in [0.717, 1.165) is 17.0 Å². The molecule has 0 aliphatic rings. The molecule has 0 aliphatic carbocycles. The summed E-state index contributed by atoms with van der Waals surface area (Å²) in [6, 6.07) is 14.3. The second kappa shape index (κ2) is 8.20. The summed E-state index contributed by atoms with van der Waals surface area (Å²) in [5.41, 5.74) is 2.24. The summed E-state index contributed by atoms with van der Waals surface area (Å²) in [7, 11) is 0. The molecular weight excluding hydrogens is 302 g/mol. The fourth-order valence-electron chi connectivity index (χ4n) is 2.00. The molecule has 4 heteroatoms. The molecule has 24 heavy (non-hydrogen) atoms. The van der Waals surface area contributed by atoms with Crippen molar-refractivity contribution in [2.45, 2.75) is 26.9 Å². The zero-order chi connectivity index (χ0) is 17.5. The van der Waals surface area contributed by atoms with Crippen LogP contribution < -0.4 is 14.8 Å². The summed E-state index contributed by atoms with van der Waals surface area (Å²) in [5.74, 6) is 1.32. The van der Waals surface area contributed by atoms with Gasteiger partial charge in [-0.3, -0.25) is 4.79 Å². The molecule has 0 bridgehead atoms. The van der Waals surface area contributed by atoms with E-state index in [4.69, 9.17) is 9.47 Å². The first-order valence-electron chi connectivity index (χ1n) is 7.89. The highest BCUT2D eigenvalue weighted by atomic mass is 16.5. The minimum Gasteiger partial charge on any atom is -0.491 e. The summed E-state index contributed by atoms with van der Waals surface area (Å²) < 4.78 is 11.1. The SMILES string of the molecule is C=C(C)COc1ccc(C(=O)Nc2ccc(OC(C)C)cc2)cc1. The van der Waals surface area contributed by atoms with Crippen LogP contribution in [0.3, 0.4) is 0 Å². The molecule has 0 aliphatic heterocycles. The van der Waals surface area contributed by atoms with Gasteiger partial charge >= 0.3 is 0 Å². The topological polar surface area (TPSA) is 47.6 Å². The van der Waals surface area contributed by atoms with E-state index < -0.39 is 0 Å². The molecule has 0 radical (unpaired) electrons. The van der Waals surface area contributed by atoms with Crippen LogP contribution in [0, 0.1) is 0 Å². The summed E-state index contributed by atoms with van der Waals surface area (Å²) in [6.45, 7) is 10.1. The Morgan fingerprint density at radius 2 is 1.62 bits per heavy atom. The van der Waals surface area contributed by atoms with Gasteiger partial charge in [0.25, 0.3) is 5.91 Å². The van der Waals surface area contributed by atoms with Gasteiger partial charge in [0.2, 0.25) is 0 Å². The Labute approximate surface area is 143 Å². The maximum Gasteiger partial charge on any atom is 0.255 e. The molecule has 0 saturated carbocycles. The lowest BCUT2D eigenvalue weighted by Crippen LogP contribution is -2.12. The first kappa shape index (κ1) is 17.6. The van der Waals surface area contributed by atoms with Gasteiger partial charge in [-0.2, -0.15) is 0 Å². The van der Waals surface area contributed by atoms with Crippen LogP contribution in [0.1, 0.15) is 31.1 Å². The maximum absolute atomic E-state index is 12.3. The van der Waals surface area contributed by atoms with Gasteiger partial charge in [0, 0.05) is 11.3 Å². The largest absolute Gasteiger partial charge is 0.491 e. The summed E-state index contributed by atoms with van der Waals surface area (Å²) in [4.78, 5) is 12.3. The third-order valence-corrected chi connectivity index (χ3v) is 3.09. The van der Waals surface area contributed by atoms with Crippen molar-refractivity contribution in [2.75, 3.05) is 11.9 Å². The van der Waals surface area contributed by atoms with Gasteiger partial charge in [0.1, 0.15) is 18.1 Å². The van der Waals surface area contributed by atoms with E-state index in [-0.39, 0.29) is 12.0 Å². The minimum absolute atomic E-state index is 0.121. The van der Waals surface area contributed by atoms with Crippen LogP contribution in [0.2, 0.25) is 0 Å². The van der Waals surface area contributed by atoms with Gasteiger partial charge in [-0.25, -0.2) is 0 Å². The van der Waals surface area contributed by atoms with Crippen molar-refractivity contribution < 1.29 is 14.3 Å². The summed E-state index contributed by atoms with van der Waals surface area (Å²) >= 11 is 0. The molecule has 0 atom stereocenters. The molecule has 2 aromatic carbocycles. The lowest BCUT2D eigenvalue weighted by atomic mass is 10.2. The second-order valence-corrected chi connectivity index (χ2v) is 5.92. The Morgan fingerprint density at radius 1 is 1.04 bits per heavy atom. The molecule has 0 heterocycles. The normalized spacial score (nSPS) is 10.3. The number of anilines is 1. The molecule has 4 nitrogen and oxygen atoms in total. The highest BCUT2D eigenvalue weighted by molar-refractivity contribution is 6.04. The number of rotatable bonds is 7. The van der Waals surface area contributed by atoms with E-state index in [1.807, 2.05) is 45.0 Å². The van der Waals surface area contributed by atoms with Crippen LogP contribution in [0.15, 0.2) is 60.7 Å². The predicted molar refractivity (Wildman–Crippen MR) is 96.9 cm³/mol. The standard InChI is InChI=1S/C20H23NO3/c1-14(2)13-23-18-9-5-16(6-10-18)20(22)21-17-7-11-19(12-8-17)24-15(3)4/h5-12,15H,1,13H2,2-4H3,(H,21,22). The molecule has 0 unspecified atom stereocenters. The maximum atomic E-state index is 12.3. The van der Waals surface area contributed by atoms with Crippen molar-refractivity contribution in [3.05, 3.63) is 66.2 Å². The predicted octanol–water partition coefficient (Wildman–Crippen LogP) is 4.68. The van der Waals surface area contributed by atoms with Crippen LogP contribution in [0.4, 0.5) is 5.69 Å². The molecule has 2 rings (SSSR count). The van der Waals surface area contributed by atoms with Crippen LogP contribution in [-0.4, -0.2) is 18.6 Å². The lowest BCUT2D eigenvalue weighted by Gasteiger charge is -2.11. The zero-order valence-electron chi connectivity index (χ0n) is 14.3. The van der Waals surface area contributed by atoms with E-state index >= 15 is 0 Å². The van der Waals surface area contributed by atoms with Crippen LogP contribution in [0.5, 0.6) is 11.5 Å². The third kappa shape index (κ3) is 5.47. The molecule has 0 aromatic heterocycles. The van der Waals surface area contributed by atoms with Gasteiger partial charge in [0.05, 0.1) is 6.10 Å². The Kier molecular flexibility index (Phi) is 6.01. The molecule has 126 valence electrons. The fraction of sp³-hybridized carbons (Fsp3) is 0.250. The van der Waals surface area contributed by atoms with Gasteiger partial charge in [-0.15, -0.1) is 0 Å². The quantitative estimate of drug-likeness (QED) is 0.752. The summed E-state index contributed by atoms with van der Waals surface area (Å²) in [6.07, 6.45) is 0.121. The molecule has 0 saturated heterocycles. The average Bonchev–Trinajstić information content (AvgIpc) is 2.54. The Hall–Kier alpha value is -2.75. The molecule has 1 amide bonds. The van der Waals surface area contributed by atoms with Crippen molar-refractivity contribution in [3.8, 4) is 11.5 Å². The van der Waals surface area contributed by atoms with Crippen molar-refractivity contribution in [2.24, 2.45) is 0 Å². The van der Waals surface area contributed by atoms with Crippen molar-refractivity contribution in [1.29, 1.82) is 0 Å². The number of hydrogen-bond donors (Lipinski definition) is 1. The monoisotopic (exact) mass is 325 g/mol. The van der Waals surface area contributed by atoms with Crippen molar-refractivity contribution >= 4 is 11.6 Å². The van der Waals surface area contributed by atoms with Crippen LogP contribution >= 0.6 is 0 Å². The van der Waals surface area contributed by atoms with E-state index in [1.54, 1.807) is 24.3 Å². The van der Waals surface area contributed by atoms with Gasteiger partial charge in [-0.05, 0) is 74.9 Å². The number of carbonyl (C=O) groups excluding carboxylic acids is 1. The third-order valence-electron chi connectivity index (χ3n) is 3.09.